The molecule has 0 aromatic carbocycles. The Kier molecular flexibility index (Phi) is 5.01. The molecule has 0 atom stereocenters. The fourth-order valence-corrected chi connectivity index (χ4v) is 0.925. The van der Waals surface area contributed by atoms with Crippen molar-refractivity contribution >= 4 is 0 Å². The molecule has 11 heavy (non-hydrogen) atoms. The standard InChI is InChI=1S/C10H21N/c1-6-11(10(4)5)8-7-9(2)3/h7-10H,6H2,1-5H3/b8-7-. The summed E-state index contributed by atoms with van der Waals surface area (Å²) in [6.45, 7) is 12.1. The van der Waals surface area contributed by atoms with Gasteiger partial charge in [-0.2, -0.15) is 0 Å². The van der Waals surface area contributed by atoms with Crippen molar-refractivity contribution in [3.8, 4) is 0 Å². The third kappa shape index (κ3) is 4.88. The van der Waals surface area contributed by atoms with Crippen LogP contribution < -0.4 is 0 Å². The number of allylic oxidation sites excluding steroid dienone is 1. The molecule has 0 aromatic heterocycles. The number of hydrogen-bond acceptors (Lipinski definition) is 1. The average Bonchev–Trinajstić information content (AvgIpc) is 1.87. The predicted molar refractivity (Wildman–Crippen MR) is 51.5 cm³/mol. The van der Waals surface area contributed by atoms with Crippen molar-refractivity contribution in [3.05, 3.63) is 12.3 Å². The van der Waals surface area contributed by atoms with Gasteiger partial charge in [-0.3, -0.25) is 0 Å². The molecular weight excluding hydrogens is 134 g/mol. The molecule has 66 valence electrons. The molecule has 0 fully saturated rings. The number of rotatable bonds is 4. The van der Waals surface area contributed by atoms with E-state index in [2.05, 4.69) is 51.8 Å². The first-order valence-electron chi connectivity index (χ1n) is 4.52. The topological polar surface area (TPSA) is 3.24 Å². The van der Waals surface area contributed by atoms with Crippen LogP contribution in [0.3, 0.4) is 0 Å². The summed E-state index contributed by atoms with van der Waals surface area (Å²) in [7, 11) is 0. The Hall–Kier alpha value is -0.460. The molecule has 0 spiro atoms. The van der Waals surface area contributed by atoms with Gasteiger partial charge in [-0.15, -0.1) is 0 Å². The van der Waals surface area contributed by atoms with Crippen molar-refractivity contribution in [3.63, 3.8) is 0 Å². The van der Waals surface area contributed by atoms with Gasteiger partial charge in [-0.25, -0.2) is 0 Å². The van der Waals surface area contributed by atoms with Crippen molar-refractivity contribution < 1.29 is 0 Å². The summed E-state index contributed by atoms with van der Waals surface area (Å²) in [5.41, 5.74) is 0. The minimum atomic E-state index is 0.620. The van der Waals surface area contributed by atoms with Crippen molar-refractivity contribution in [1.82, 2.24) is 4.90 Å². The van der Waals surface area contributed by atoms with Crippen molar-refractivity contribution in [2.24, 2.45) is 5.92 Å². The molecule has 0 aliphatic carbocycles. The zero-order valence-corrected chi connectivity index (χ0v) is 8.46. The largest absolute Gasteiger partial charge is 0.376 e. The smallest absolute Gasteiger partial charge is 0.0227 e. The molecule has 0 rings (SSSR count). The summed E-state index contributed by atoms with van der Waals surface area (Å²) in [6, 6.07) is 0.620. The Morgan fingerprint density at radius 1 is 1.18 bits per heavy atom. The highest BCUT2D eigenvalue weighted by Gasteiger charge is 1.99. The summed E-state index contributed by atoms with van der Waals surface area (Å²) in [6.07, 6.45) is 4.44. The lowest BCUT2D eigenvalue weighted by atomic mass is 10.2. The maximum absolute atomic E-state index is 2.33. The van der Waals surface area contributed by atoms with Crippen molar-refractivity contribution in [1.29, 1.82) is 0 Å². The quantitative estimate of drug-likeness (QED) is 0.603. The molecule has 0 bridgehead atoms. The molecule has 0 radical (unpaired) electrons. The summed E-state index contributed by atoms with van der Waals surface area (Å²) >= 11 is 0. The molecule has 0 aromatic rings. The van der Waals surface area contributed by atoms with Gasteiger partial charge in [0.1, 0.15) is 0 Å². The van der Waals surface area contributed by atoms with E-state index in [4.69, 9.17) is 0 Å². The average molecular weight is 155 g/mol. The fraction of sp³-hybridized carbons (Fsp3) is 0.800. The summed E-state index contributed by atoms with van der Waals surface area (Å²) in [5, 5.41) is 0. The number of hydrogen-bond donors (Lipinski definition) is 0. The highest BCUT2D eigenvalue weighted by atomic mass is 15.1. The van der Waals surface area contributed by atoms with Gasteiger partial charge in [0.15, 0.2) is 0 Å². The Morgan fingerprint density at radius 3 is 2.00 bits per heavy atom. The Morgan fingerprint density at radius 2 is 1.73 bits per heavy atom. The van der Waals surface area contributed by atoms with E-state index >= 15 is 0 Å². The van der Waals surface area contributed by atoms with Crippen molar-refractivity contribution in [2.45, 2.75) is 40.7 Å². The van der Waals surface area contributed by atoms with Crippen LogP contribution in [-0.4, -0.2) is 17.5 Å². The van der Waals surface area contributed by atoms with Gasteiger partial charge in [0, 0.05) is 12.6 Å². The Bertz CT molecular complexity index is 114. The van der Waals surface area contributed by atoms with E-state index in [1.54, 1.807) is 0 Å². The summed E-state index contributed by atoms with van der Waals surface area (Å²) in [5.74, 6) is 0.655. The van der Waals surface area contributed by atoms with Crippen LogP contribution >= 0.6 is 0 Å². The lowest BCUT2D eigenvalue weighted by Gasteiger charge is -2.22. The Balaban J connectivity index is 3.87. The molecule has 0 aliphatic heterocycles. The summed E-state index contributed by atoms with van der Waals surface area (Å²) < 4.78 is 0. The van der Waals surface area contributed by atoms with Crippen LogP contribution in [0.1, 0.15) is 34.6 Å². The fourth-order valence-electron chi connectivity index (χ4n) is 0.925. The first-order chi connectivity index (χ1) is 5.07. The molecular formula is C10H21N. The van der Waals surface area contributed by atoms with Crippen molar-refractivity contribution in [2.75, 3.05) is 6.54 Å². The lowest BCUT2D eigenvalue weighted by Crippen LogP contribution is -2.24. The number of nitrogens with zero attached hydrogens (tertiary/aromatic N) is 1. The first-order valence-corrected chi connectivity index (χ1v) is 4.52. The second-order valence-electron chi connectivity index (χ2n) is 3.51. The SMILES string of the molecule is CCN(/C=C\C(C)C)C(C)C. The molecule has 0 aliphatic rings. The molecule has 0 saturated carbocycles. The van der Waals surface area contributed by atoms with Crippen LogP contribution in [0.4, 0.5) is 0 Å². The molecule has 0 saturated heterocycles. The first kappa shape index (κ1) is 10.5. The minimum Gasteiger partial charge on any atom is -0.376 e. The summed E-state index contributed by atoms with van der Waals surface area (Å²) in [4.78, 5) is 2.33. The van der Waals surface area contributed by atoms with Gasteiger partial charge < -0.3 is 4.90 Å². The van der Waals surface area contributed by atoms with E-state index in [0.29, 0.717) is 12.0 Å². The highest BCUT2D eigenvalue weighted by Crippen LogP contribution is 2.01. The van der Waals surface area contributed by atoms with E-state index in [9.17, 15) is 0 Å². The van der Waals surface area contributed by atoms with Gasteiger partial charge in [0.05, 0.1) is 0 Å². The monoisotopic (exact) mass is 155 g/mol. The van der Waals surface area contributed by atoms with E-state index in [-0.39, 0.29) is 0 Å². The Labute approximate surface area is 71.1 Å². The second kappa shape index (κ2) is 5.22. The molecule has 1 nitrogen and oxygen atoms in total. The van der Waals surface area contributed by atoms with Crippen LogP contribution in [0.2, 0.25) is 0 Å². The minimum absolute atomic E-state index is 0.620. The molecule has 1 heteroatoms. The van der Waals surface area contributed by atoms with Gasteiger partial charge in [0.2, 0.25) is 0 Å². The molecule has 0 N–H and O–H groups in total. The maximum atomic E-state index is 2.33. The lowest BCUT2D eigenvalue weighted by molar-refractivity contribution is 0.325. The third-order valence-corrected chi connectivity index (χ3v) is 1.69. The molecule has 0 heterocycles. The zero-order chi connectivity index (χ0) is 8.85. The normalized spacial score (nSPS) is 11.9. The van der Waals surface area contributed by atoms with Gasteiger partial charge in [-0.05, 0) is 32.9 Å². The van der Waals surface area contributed by atoms with Crippen LogP contribution in [0.25, 0.3) is 0 Å². The van der Waals surface area contributed by atoms with Gasteiger partial charge >= 0.3 is 0 Å². The highest BCUT2D eigenvalue weighted by molar-refractivity contribution is 4.85. The maximum Gasteiger partial charge on any atom is 0.0227 e. The van der Waals surface area contributed by atoms with E-state index < -0.39 is 0 Å². The van der Waals surface area contributed by atoms with E-state index in [1.165, 1.54) is 0 Å². The van der Waals surface area contributed by atoms with E-state index in [0.717, 1.165) is 6.54 Å². The van der Waals surface area contributed by atoms with E-state index in [1.807, 2.05) is 0 Å². The van der Waals surface area contributed by atoms with Crippen LogP contribution in [0.15, 0.2) is 12.3 Å². The second-order valence-corrected chi connectivity index (χ2v) is 3.51. The van der Waals surface area contributed by atoms with Crippen LogP contribution in [0.5, 0.6) is 0 Å². The van der Waals surface area contributed by atoms with Gasteiger partial charge in [-0.1, -0.05) is 19.9 Å². The zero-order valence-electron chi connectivity index (χ0n) is 8.46. The van der Waals surface area contributed by atoms with Crippen LogP contribution in [0, 0.1) is 5.92 Å². The van der Waals surface area contributed by atoms with Crippen LogP contribution in [-0.2, 0) is 0 Å². The third-order valence-electron chi connectivity index (χ3n) is 1.69. The molecule has 0 unspecified atom stereocenters. The predicted octanol–water partition coefficient (Wildman–Crippen LogP) is 2.89. The molecule has 0 amide bonds. The van der Waals surface area contributed by atoms with Gasteiger partial charge in [0.25, 0.3) is 0 Å².